The summed E-state index contributed by atoms with van der Waals surface area (Å²) in [6.07, 6.45) is 5.08. The molecule has 1 aromatic heterocycles. The lowest BCUT2D eigenvalue weighted by Crippen LogP contribution is -2.37. The van der Waals surface area contributed by atoms with Crippen molar-refractivity contribution < 1.29 is 14.6 Å². The van der Waals surface area contributed by atoms with E-state index in [0.29, 0.717) is 6.10 Å². The van der Waals surface area contributed by atoms with E-state index in [2.05, 4.69) is 9.88 Å². The second-order valence-electron chi connectivity index (χ2n) is 5.73. The summed E-state index contributed by atoms with van der Waals surface area (Å²) < 4.78 is 5.68. The average Bonchev–Trinajstić information content (AvgIpc) is 2.92. The zero-order valence-electron chi connectivity index (χ0n) is 12.4. The third kappa shape index (κ3) is 3.06. The molecule has 0 saturated carbocycles. The standard InChI is InChI=1S/C15H22N2O3S/c1-2-20-10-6-8-17(9-7-10)15-16-13-11(14(18)19)4-3-5-12(13)21-15/h10-11H,2-9H2,1H3,(H,18,19). The Kier molecular flexibility index (Phi) is 4.45. The van der Waals surface area contributed by atoms with Crippen molar-refractivity contribution in [2.75, 3.05) is 24.6 Å². The Morgan fingerprint density at radius 2 is 2.19 bits per heavy atom. The van der Waals surface area contributed by atoms with Gasteiger partial charge in [-0.1, -0.05) is 0 Å². The van der Waals surface area contributed by atoms with Crippen LogP contribution >= 0.6 is 11.3 Å². The lowest BCUT2D eigenvalue weighted by Gasteiger charge is -2.31. The lowest BCUT2D eigenvalue weighted by molar-refractivity contribution is -0.139. The Morgan fingerprint density at radius 1 is 1.43 bits per heavy atom. The van der Waals surface area contributed by atoms with Crippen molar-refractivity contribution in [3.05, 3.63) is 10.6 Å². The monoisotopic (exact) mass is 310 g/mol. The molecule has 1 N–H and O–H groups in total. The minimum absolute atomic E-state index is 0.368. The molecule has 1 saturated heterocycles. The molecule has 2 aliphatic rings. The van der Waals surface area contributed by atoms with Crippen LogP contribution in [0.4, 0.5) is 5.13 Å². The van der Waals surface area contributed by atoms with Gasteiger partial charge in [-0.3, -0.25) is 4.79 Å². The third-order valence-corrected chi connectivity index (χ3v) is 5.55. The highest BCUT2D eigenvalue weighted by atomic mass is 32.1. The van der Waals surface area contributed by atoms with Gasteiger partial charge in [0.1, 0.15) is 5.92 Å². The van der Waals surface area contributed by atoms with Gasteiger partial charge in [0, 0.05) is 24.6 Å². The van der Waals surface area contributed by atoms with Gasteiger partial charge in [0.15, 0.2) is 5.13 Å². The van der Waals surface area contributed by atoms with Crippen LogP contribution in [0.3, 0.4) is 0 Å². The minimum Gasteiger partial charge on any atom is -0.481 e. The van der Waals surface area contributed by atoms with E-state index in [0.717, 1.165) is 62.6 Å². The third-order valence-electron chi connectivity index (χ3n) is 4.36. The Morgan fingerprint density at radius 3 is 2.86 bits per heavy atom. The molecule has 1 fully saturated rings. The van der Waals surface area contributed by atoms with Crippen molar-refractivity contribution in [2.24, 2.45) is 0 Å². The van der Waals surface area contributed by atoms with Gasteiger partial charge in [0.2, 0.25) is 0 Å². The summed E-state index contributed by atoms with van der Waals surface area (Å²) in [5.41, 5.74) is 0.820. The highest BCUT2D eigenvalue weighted by molar-refractivity contribution is 7.15. The number of fused-ring (bicyclic) bond motifs is 1. The molecule has 21 heavy (non-hydrogen) atoms. The minimum atomic E-state index is -0.733. The summed E-state index contributed by atoms with van der Waals surface area (Å²) in [6, 6.07) is 0. The number of piperidine rings is 1. The van der Waals surface area contributed by atoms with E-state index in [4.69, 9.17) is 4.74 Å². The number of rotatable bonds is 4. The molecule has 0 aromatic carbocycles. The zero-order valence-corrected chi connectivity index (χ0v) is 13.2. The fraction of sp³-hybridized carbons (Fsp3) is 0.733. The van der Waals surface area contributed by atoms with E-state index in [-0.39, 0.29) is 0 Å². The van der Waals surface area contributed by atoms with Crippen LogP contribution in [0, 0.1) is 0 Å². The summed E-state index contributed by atoms with van der Waals surface area (Å²) in [7, 11) is 0. The first-order valence-electron chi connectivity index (χ1n) is 7.78. The number of aryl methyl sites for hydroxylation is 1. The van der Waals surface area contributed by atoms with E-state index >= 15 is 0 Å². The molecule has 5 nitrogen and oxygen atoms in total. The maximum atomic E-state index is 11.4. The molecule has 1 unspecified atom stereocenters. The van der Waals surface area contributed by atoms with Crippen LogP contribution in [-0.4, -0.2) is 41.9 Å². The largest absolute Gasteiger partial charge is 0.481 e. The fourth-order valence-corrected chi connectivity index (χ4v) is 4.45. The van der Waals surface area contributed by atoms with Crippen LogP contribution in [-0.2, 0) is 16.0 Å². The number of carbonyl (C=O) groups is 1. The smallest absolute Gasteiger partial charge is 0.312 e. The van der Waals surface area contributed by atoms with E-state index in [1.165, 1.54) is 4.88 Å². The zero-order chi connectivity index (χ0) is 14.8. The van der Waals surface area contributed by atoms with Gasteiger partial charge in [-0.25, -0.2) is 4.98 Å². The number of nitrogens with zero attached hydrogens (tertiary/aromatic N) is 2. The van der Waals surface area contributed by atoms with Gasteiger partial charge in [-0.2, -0.15) is 0 Å². The fourth-order valence-electron chi connectivity index (χ4n) is 3.23. The second kappa shape index (κ2) is 6.32. The van der Waals surface area contributed by atoms with Crippen molar-refractivity contribution in [1.82, 2.24) is 4.98 Å². The SMILES string of the molecule is CCOC1CCN(c2nc3c(s2)CCCC3C(=O)O)CC1. The first kappa shape index (κ1) is 14.8. The predicted molar refractivity (Wildman–Crippen MR) is 82.3 cm³/mol. The van der Waals surface area contributed by atoms with Gasteiger partial charge >= 0.3 is 5.97 Å². The first-order valence-corrected chi connectivity index (χ1v) is 8.59. The number of hydrogen-bond acceptors (Lipinski definition) is 5. The van der Waals surface area contributed by atoms with E-state index in [1.807, 2.05) is 6.92 Å². The van der Waals surface area contributed by atoms with Crippen LogP contribution in [0.25, 0.3) is 0 Å². The first-order chi connectivity index (χ1) is 10.2. The Labute approximate surface area is 128 Å². The van der Waals surface area contributed by atoms with Gasteiger partial charge in [-0.15, -0.1) is 11.3 Å². The molecular formula is C15H22N2O3S. The van der Waals surface area contributed by atoms with E-state index in [1.54, 1.807) is 11.3 Å². The van der Waals surface area contributed by atoms with Crippen molar-refractivity contribution in [3.63, 3.8) is 0 Å². The van der Waals surface area contributed by atoms with Gasteiger partial charge < -0.3 is 14.7 Å². The molecule has 1 aliphatic carbocycles. The number of aromatic nitrogens is 1. The van der Waals surface area contributed by atoms with Gasteiger partial charge in [-0.05, 0) is 39.0 Å². The molecule has 0 bridgehead atoms. The summed E-state index contributed by atoms with van der Waals surface area (Å²) in [4.78, 5) is 19.5. The molecule has 116 valence electrons. The molecule has 0 radical (unpaired) electrons. The van der Waals surface area contributed by atoms with Crippen LogP contribution in [0.2, 0.25) is 0 Å². The van der Waals surface area contributed by atoms with Gasteiger partial charge in [0.25, 0.3) is 0 Å². The molecule has 1 atom stereocenters. The Bertz CT molecular complexity index is 509. The maximum absolute atomic E-state index is 11.4. The van der Waals surface area contributed by atoms with Crippen LogP contribution < -0.4 is 4.90 Å². The van der Waals surface area contributed by atoms with Crippen LogP contribution in [0.1, 0.15) is 49.1 Å². The lowest BCUT2D eigenvalue weighted by atomic mass is 9.91. The molecule has 0 spiro atoms. The van der Waals surface area contributed by atoms with E-state index < -0.39 is 11.9 Å². The average molecular weight is 310 g/mol. The highest BCUT2D eigenvalue weighted by Gasteiger charge is 2.31. The molecule has 1 aliphatic heterocycles. The number of carboxylic acid groups (broad SMARTS) is 1. The maximum Gasteiger partial charge on any atom is 0.312 e. The molecule has 2 heterocycles. The van der Waals surface area contributed by atoms with Crippen molar-refractivity contribution in [1.29, 1.82) is 0 Å². The summed E-state index contributed by atoms with van der Waals surface area (Å²) in [5.74, 6) is -1.14. The molecule has 0 amide bonds. The molecule has 1 aromatic rings. The quantitative estimate of drug-likeness (QED) is 0.926. The number of ether oxygens (including phenoxy) is 1. The van der Waals surface area contributed by atoms with Crippen molar-refractivity contribution in [2.45, 2.75) is 51.0 Å². The summed E-state index contributed by atoms with van der Waals surface area (Å²) in [6.45, 7) is 4.72. The summed E-state index contributed by atoms with van der Waals surface area (Å²) >= 11 is 1.69. The summed E-state index contributed by atoms with van der Waals surface area (Å²) in [5, 5.41) is 10.3. The number of anilines is 1. The predicted octanol–water partition coefficient (Wildman–Crippen LogP) is 2.65. The number of thiazole rings is 1. The van der Waals surface area contributed by atoms with Crippen LogP contribution in [0.5, 0.6) is 0 Å². The van der Waals surface area contributed by atoms with Crippen molar-refractivity contribution >= 4 is 22.4 Å². The highest BCUT2D eigenvalue weighted by Crippen LogP contribution is 2.38. The Balaban J connectivity index is 1.72. The number of hydrogen-bond donors (Lipinski definition) is 1. The van der Waals surface area contributed by atoms with Gasteiger partial charge in [0.05, 0.1) is 11.8 Å². The number of carboxylic acids is 1. The normalized spacial score (nSPS) is 23.1. The van der Waals surface area contributed by atoms with E-state index in [9.17, 15) is 9.90 Å². The molecule has 6 heteroatoms. The number of aliphatic carboxylic acids is 1. The molecular weight excluding hydrogens is 288 g/mol. The Hall–Kier alpha value is -1.14. The second-order valence-corrected chi connectivity index (χ2v) is 6.79. The molecule has 3 rings (SSSR count). The topological polar surface area (TPSA) is 62.7 Å². The van der Waals surface area contributed by atoms with Crippen molar-refractivity contribution in [3.8, 4) is 0 Å². The van der Waals surface area contributed by atoms with Crippen LogP contribution in [0.15, 0.2) is 0 Å².